The van der Waals surface area contributed by atoms with Crippen LogP contribution in [0.5, 0.6) is 17.2 Å². The van der Waals surface area contributed by atoms with Gasteiger partial charge in [0.25, 0.3) is 5.91 Å². The van der Waals surface area contributed by atoms with Gasteiger partial charge in [0.05, 0.1) is 27.4 Å². The van der Waals surface area contributed by atoms with E-state index in [2.05, 4.69) is 5.32 Å². The number of esters is 1. The first-order chi connectivity index (χ1) is 14.0. The van der Waals surface area contributed by atoms with Crippen molar-refractivity contribution in [3.05, 3.63) is 53.6 Å². The first-order valence-electron chi connectivity index (χ1n) is 9.26. The fourth-order valence-corrected chi connectivity index (χ4v) is 2.80. The van der Waals surface area contributed by atoms with Gasteiger partial charge in [-0.05, 0) is 49.2 Å². The van der Waals surface area contributed by atoms with Crippen molar-refractivity contribution >= 4 is 11.9 Å². The lowest BCUT2D eigenvalue weighted by molar-refractivity contribution is -0.148. The van der Waals surface area contributed by atoms with Crippen molar-refractivity contribution in [2.75, 3.05) is 27.9 Å². The summed E-state index contributed by atoms with van der Waals surface area (Å²) in [7, 11) is 4.73. The molecule has 29 heavy (non-hydrogen) atoms. The third-order valence-corrected chi connectivity index (χ3v) is 4.42. The van der Waals surface area contributed by atoms with E-state index in [9.17, 15) is 9.59 Å². The molecule has 1 atom stereocenters. The number of aryl methyl sites for hydroxylation is 1. The maximum atomic E-state index is 12.2. The molecule has 0 aliphatic heterocycles. The minimum atomic E-state index is -0.428. The Morgan fingerprint density at radius 2 is 1.59 bits per heavy atom. The minimum absolute atomic E-state index is 0.193. The van der Waals surface area contributed by atoms with Crippen LogP contribution in [0.4, 0.5) is 0 Å². The van der Waals surface area contributed by atoms with Crippen molar-refractivity contribution in [2.24, 2.45) is 0 Å². The third kappa shape index (κ3) is 6.71. The minimum Gasteiger partial charge on any atom is -0.497 e. The van der Waals surface area contributed by atoms with E-state index < -0.39 is 5.97 Å². The quantitative estimate of drug-likeness (QED) is 0.616. The van der Waals surface area contributed by atoms with Gasteiger partial charge in [0.1, 0.15) is 17.2 Å². The van der Waals surface area contributed by atoms with Crippen molar-refractivity contribution in [3.63, 3.8) is 0 Å². The summed E-state index contributed by atoms with van der Waals surface area (Å²) in [5.41, 5.74) is 1.76. The van der Waals surface area contributed by atoms with Gasteiger partial charge in [-0.15, -0.1) is 0 Å². The van der Waals surface area contributed by atoms with Gasteiger partial charge in [0, 0.05) is 12.0 Å². The van der Waals surface area contributed by atoms with E-state index >= 15 is 0 Å². The van der Waals surface area contributed by atoms with E-state index in [0.29, 0.717) is 17.9 Å². The first kappa shape index (κ1) is 22.1. The van der Waals surface area contributed by atoms with Gasteiger partial charge in [-0.1, -0.05) is 12.1 Å². The molecule has 1 amide bonds. The highest BCUT2D eigenvalue weighted by atomic mass is 16.5. The van der Waals surface area contributed by atoms with Crippen molar-refractivity contribution in [1.82, 2.24) is 5.32 Å². The average Bonchev–Trinajstić information content (AvgIpc) is 2.75. The maximum absolute atomic E-state index is 12.2. The summed E-state index contributed by atoms with van der Waals surface area (Å²) in [6, 6.07) is 12.5. The van der Waals surface area contributed by atoms with E-state index in [1.54, 1.807) is 39.5 Å². The van der Waals surface area contributed by atoms with Crippen LogP contribution in [-0.2, 0) is 20.7 Å². The molecule has 0 fully saturated rings. The van der Waals surface area contributed by atoms with Gasteiger partial charge in [0.15, 0.2) is 6.61 Å². The van der Waals surface area contributed by atoms with Crippen LogP contribution in [0.3, 0.4) is 0 Å². The molecule has 7 nitrogen and oxygen atoms in total. The number of hydrogen-bond acceptors (Lipinski definition) is 6. The SMILES string of the molecule is COc1ccc(CCC(=O)OCC(=O)N[C@H](C)c2cc(OC)ccc2OC)cc1. The lowest BCUT2D eigenvalue weighted by Gasteiger charge is -2.18. The molecule has 0 aliphatic carbocycles. The number of carbonyl (C=O) groups excluding carboxylic acids is 2. The lowest BCUT2D eigenvalue weighted by atomic mass is 10.1. The number of hydrogen-bond donors (Lipinski definition) is 1. The molecular weight excluding hydrogens is 374 g/mol. The predicted octanol–water partition coefficient (Wildman–Crippen LogP) is 3.07. The molecular formula is C22H27NO6. The van der Waals surface area contributed by atoms with E-state index in [1.165, 1.54) is 0 Å². The smallest absolute Gasteiger partial charge is 0.306 e. The molecule has 0 bridgehead atoms. The Balaban J connectivity index is 1.80. The number of amides is 1. The second kappa shape index (κ2) is 10.9. The highest BCUT2D eigenvalue weighted by Crippen LogP contribution is 2.29. The molecule has 7 heteroatoms. The molecule has 2 aromatic carbocycles. The lowest BCUT2D eigenvalue weighted by Crippen LogP contribution is -2.31. The summed E-state index contributed by atoms with van der Waals surface area (Å²) in [4.78, 5) is 24.1. The Kier molecular flexibility index (Phi) is 8.33. The maximum Gasteiger partial charge on any atom is 0.306 e. The Hall–Kier alpha value is -3.22. The zero-order valence-corrected chi connectivity index (χ0v) is 17.2. The second-order valence-electron chi connectivity index (χ2n) is 6.41. The van der Waals surface area contributed by atoms with Crippen LogP contribution in [0.15, 0.2) is 42.5 Å². The van der Waals surface area contributed by atoms with Crippen LogP contribution in [0.1, 0.15) is 30.5 Å². The van der Waals surface area contributed by atoms with Gasteiger partial charge in [-0.25, -0.2) is 0 Å². The summed E-state index contributed by atoms with van der Waals surface area (Å²) in [5.74, 6) is 1.24. The normalized spacial score (nSPS) is 11.3. The standard InChI is InChI=1S/C22H27NO6/c1-15(19-13-18(27-3)10-11-20(19)28-4)23-21(24)14-29-22(25)12-7-16-5-8-17(26-2)9-6-16/h5-6,8-11,13,15H,7,12,14H2,1-4H3,(H,23,24)/t15-/m1/s1. The number of methoxy groups -OCH3 is 3. The molecule has 2 rings (SSSR count). The summed E-state index contributed by atoms with van der Waals surface area (Å²) in [6.45, 7) is 1.48. The summed E-state index contributed by atoms with van der Waals surface area (Å²) in [5, 5.41) is 2.80. The first-order valence-corrected chi connectivity index (χ1v) is 9.26. The second-order valence-corrected chi connectivity index (χ2v) is 6.41. The van der Waals surface area contributed by atoms with Crippen LogP contribution in [-0.4, -0.2) is 39.8 Å². The van der Waals surface area contributed by atoms with Crippen LogP contribution < -0.4 is 19.5 Å². The summed E-state index contributed by atoms with van der Waals surface area (Å²) >= 11 is 0. The molecule has 1 N–H and O–H groups in total. The van der Waals surface area contributed by atoms with E-state index in [0.717, 1.165) is 16.9 Å². The summed E-state index contributed by atoms with van der Waals surface area (Å²) < 4.78 is 20.7. The largest absolute Gasteiger partial charge is 0.497 e. The molecule has 0 heterocycles. The number of nitrogens with one attached hydrogen (secondary N) is 1. The molecule has 0 radical (unpaired) electrons. The predicted molar refractivity (Wildman–Crippen MR) is 108 cm³/mol. The van der Waals surface area contributed by atoms with Gasteiger partial charge < -0.3 is 24.3 Å². The third-order valence-electron chi connectivity index (χ3n) is 4.42. The molecule has 156 valence electrons. The zero-order chi connectivity index (χ0) is 21.2. The average molecular weight is 401 g/mol. The van der Waals surface area contributed by atoms with Crippen LogP contribution >= 0.6 is 0 Å². The fourth-order valence-electron chi connectivity index (χ4n) is 2.80. The van der Waals surface area contributed by atoms with Crippen LogP contribution in [0.2, 0.25) is 0 Å². The van der Waals surface area contributed by atoms with E-state index in [4.69, 9.17) is 18.9 Å². The van der Waals surface area contributed by atoms with Gasteiger partial charge in [0.2, 0.25) is 0 Å². The number of benzene rings is 2. The van der Waals surface area contributed by atoms with Gasteiger partial charge >= 0.3 is 5.97 Å². The molecule has 0 aliphatic rings. The zero-order valence-electron chi connectivity index (χ0n) is 17.2. The number of ether oxygens (including phenoxy) is 4. The molecule has 0 spiro atoms. The number of carbonyl (C=O) groups is 2. The van der Waals surface area contributed by atoms with Crippen molar-refractivity contribution in [2.45, 2.75) is 25.8 Å². The molecule has 0 aromatic heterocycles. The van der Waals surface area contributed by atoms with Crippen LogP contribution in [0.25, 0.3) is 0 Å². The van der Waals surface area contributed by atoms with E-state index in [1.807, 2.05) is 31.2 Å². The molecule has 2 aromatic rings. The Morgan fingerprint density at radius 3 is 2.21 bits per heavy atom. The fraction of sp³-hybridized carbons (Fsp3) is 0.364. The van der Waals surface area contributed by atoms with Gasteiger partial charge in [-0.3, -0.25) is 9.59 Å². The highest BCUT2D eigenvalue weighted by molar-refractivity contribution is 5.81. The van der Waals surface area contributed by atoms with Crippen molar-refractivity contribution in [3.8, 4) is 17.2 Å². The van der Waals surface area contributed by atoms with Crippen molar-refractivity contribution in [1.29, 1.82) is 0 Å². The Bertz CT molecular complexity index is 819. The monoisotopic (exact) mass is 401 g/mol. The molecule has 0 unspecified atom stereocenters. The summed E-state index contributed by atoms with van der Waals surface area (Å²) in [6.07, 6.45) is 0.723. The Morgan fingerprint density at radius 1 is 0.931 bits per heavy atom. The van der Waals surface area contributed by atoms with Crippen LogP contribution in [0, 0.1) is 0 Å². The number of rotatable bonds is 10. The topological polar surface area (TPSA) is 83.1 Å². The van der Waals surface area contributed by atoms with Gasteiger partial charge in [-0.2, -0.15) is 0 Å². The Labute approximate surface area is 170 Å². The molecule has 0 saturated carbocycles. The van der Waals surface area contributed by atoms with E-state index in [-0.39, 0.29) is 25.0 Å². The highest BCUT2D eigenvalue weighted by Gasteiger charge is 2.16. The van der Waals surface area contributed by atoms with Crippen molar-refractivity contribution < 1.29 is 28.5 Å². The molecule has 0 saturated heterocycles.